The van der Waals surface area contributed by atoms with E-state index < -0.39 is 29.3 Å². The van der Waals surface area contributed by atoms with Gasteiger partial charge in [0, 0.05) is 0 Å². The van der Waals surface area contributed by atoms with E-state index in [1.807, 2.05) is 0 Å². The maximum atomic E-state index is 13.1. The largest absolute Gasteiger partial charge is 0.487 e. The molecule has 0 unspecified atom stereocenters. The third kappa shape index (κ3) is 4.69. The minimum atomic E-state index is -1.70. The first-order chi connectivity index (χ1) is 9.07. The van der Waals surface area contributed by atoms with Crippen LogP contribution in [0.1, 0.15) is 45.4 Å². The van der Waals surface area contributed by atoms with E-state index in [2.05, 4.69) is 11.9 Å². The maximum absolute atomic E-state index is 13.1. The summed E-state index contributed by atoms with van der Waals surface area (Å²) in [5, 5.41) is 0. The Morgan fingerprint density at radius 2 is 1.37 bits per heavy atom. The van der Waals surface area contributed by atoms with Crippen LogP contribution in [0.3, 0.4) is 0 Å². The molecule has 0 bridgehead atoms. The predicted molar refractivity (Wildman–Crippen MR) is 62.9 cm³/mol. The molecule has 0 aliphatic rings. The van der Waals surface area contributed by atoms with Crippen LogP contribution in [0, 0.1) is 23.5 Å². The molecule has 0 aliphatic carbocycles. The summed E-state index contributed by atoms with van der Waals surface area (Å²) < 4.78 is 56.6. The van der Waals surface area contributed by atoms with E-state index in [-0.39, 0.29) is 6.61 Å². The number of nitrogens with zero attached hydrogens (tertiary/aromatic N) is 1. The summed E-state index contributed by atoms with van der Waals surface area (Å²) in [7, 11) is 0. The van der Waals surface area contributed by atoms with Crippen LogP contribution in [0.2, 0.25) is 0 Å². The van der Waals surface area contributed by atoms with E-state index in [1.165, 1.54) is 0 Å². The smallest absolute Gasteiger partial charge is 0.255 e. The second-order valence-corrected chi connectivity index (χ2v) is 4.27. The summed E-state index contributed by atoms with van der Waals surface area (Å²) >= 11 is 0. The van der Waals surface area contributed by atoms with Gasteiger partial charge < -0.3 is 4.74 Å². The molecule has 19 heavy (non-hydrogen) atoms. The van der Waals surface area contributed by atoms with Gasteiger partial charge in [-0.1, -0.05) is 39.0 Å². The van der Waals surface area contributed by atoms with E-state index in [1.54, 1.807) is 0 Å². The Morgan fingerprint density at radius 1 is 0.842 bits per heavy atom. The summed E-state index contributed by atoms with van der Waals surface area (Å²) in [5.41, 5.74) is 0. The van der Waals surface area contributed by atoms with Crippen LogP contribution in [0.4, 0.5) is 17.6 Å². The van der Waals surface area contributed by atoms with Crippen molar-refractivity contribution in [2.75, 3.05) is 6.61 Å². The van der Waals surface area contributed by atoms with Gasteiger partial charge in [0.05, 0.1) is 6.61 Å². The Morgan fingerprint density at radius 3 is 1.95 bits per heavy atom. The van der Waals surface area contributed by atoms with Crippen molar-refractivity contribution >= 4 is 0 Å². The van der Waals surface area contributed by atoms with Crippen LogP contribution in [0.5, 0.6) is 5.75 Å². The molecule has 0 radical (unpaired) electrons. The van der Waals surface area contributed by atoms with Crippen molar-refractivity contribution in [2.24, 2.45) is 0 Å². The van der Waals surface area contributed by atoms with Gasteiger partial charge in [0.15, 0.2) is 5.75 Å². The molecule has 0 aromatic carbocycles. The molecule has 0 saturated heterocycles. The lowest BCUT2D eigenvalue weighted by Gasteiger charge is -2.08. The van der Waals surface area contributed by atoms with Crippen molar-refractivity contribution in [3.05, 3.63) is 23.5 Å². The van der Waals surface area contributed by atoms with Crippen molar-refractivity contribution in [1.82, 2.24) is 4.98 Å². The van der Waals surface area contributed by atoms with Crippen molar-refractivity contribution < 1.29 is 22.3 Å². The van der Waals surface area contributed by atoms with Gasteiger partial charge in [0.25, 0.3) is 11.9 Å². The van der Waals surface area contributed by atoms with Gasteiger partial charge in [-0.3, -0.25) is 0 Å². The first kappa shape index (κ1) is 15.7. The van der Waals surface area contributed by atoms with Crippen LogP contribution < -0.4 is 4.74 Å². The normalized spacial score (nSPS) is 10.8. The molecule has 0 fully saturated rings. The molecular formula is C13H17F4NO. The Kier molecular flexibility index (Phi) is 6.59. The molecule has 0 spiro atoms. The second-order valence-electron chi connectivity index (χ2n) is 4.27. The zero-order valence-corrected chi connectivity index (χ0v) is 10.8. The molecule has 1 rings (SSSR count). The molecule has 1 aromatic heterocycles. The minimum absolute atomic E-state index is 0.0167. The summed E-state index contributed by atoms with van der Waals surface area (Å²) in [4.78, 5) is 2.45. The van der Waals surface area contributed by atoms with Crippen molar-refractivity contribution in [3.63, 3.8) is 0 Å². The highest BCUT2D eigenvalue weighted by Crippen LogP contribution is 2.24. The Labute approximate surface area is 109 Å². The predicted octanol–water partition coefficient (Wildman–Crippen LogP) is 4.38. The lowest BCUT2D eigenvalue weighted by Crippen LogP contribution is -2.07. The molecule has 2 nitrogen and oxygen atoms in total. The second kappa shape index (κ2) is 7.96. The van der Waals surface area contributed by atoms with Crippen LogP contribution in [-0.2, 0) is 0 Å². The third-order valence-corrected chi connectivity index (χ3v) is 2.70. The van der Waals surface area contributed by atoms with Crippen LogP contribution in [0.25, 0.3) is 0 Å². The molecule has 0 saturated carbocycles. The zero-order valence-electron chi connectivity index (χ0n) is 10.8. The van der Waals surface area contributed by atoms with Gasteiger partial charge >= 0.3 is 0 Å². The number of ether oxygens (including phenoxy) is 1. The number of pyridine rings is 1. The van der Waals surface area contributed by atoms with Crippen LogP contribution >= 0.6 is 0 Å². The quantitative estimate of drug-likeness (QED) is 0.400. The molecule has 6 heteroatoms. The molecule has 1 heterocycles. The fourth-order valence-corrected chi connectivity index (χ4v) is 1.65. The minimum Gasteiger partial charge on any atom is -0.487 e. The summed E-state index contributed by atoms with van der Waals surface area (Å²) in [6, 6.07) is 0. The van der Waals surface area contributed by atoms with Crippen molar-refractivity contribution in [2.45, 2.75) is 45.4 Å². The van der Waals surface area contributed by atoms with Crippen molar-refractivity contribution in [1.29, 1.82) is 0 Å². The van der Waals surface area contributed by atoms with Gasteiger partial charge in [-0.2, -0.15) is 22.5 Å². The number of halogens is 4. The van der Waals surface area contributed by atoms with Crippen LogP contribution in [-0.4, -0.2) is 11.6 Å². The topological polar surface area (TPSA) is 22.1 Å². The van der Waals surface area contributed by atoms with E-state index in [4.69, 9.17) is 4.74 Å². The highest BCUT2D eigenvalue weighted by atomic mass is 19.2. The molecule has 0 atom stereocenters. The van der Waals surface area contributed by atoms with Gasteiger partial charge in [0.1, 0.15) is 0 Å². The van der Waals surface area contributed by atoms with E-state index >= 15 is 0 Å². The average molecular weight is 279 g/mol. The third-order valence-electron chi connectivity index (χ3n) is 2.70. The number of unbranched alkanes of at least 4 members (excludes halogenated alkanes) is 5. The number of hydrogen-bond acceptors (Lipinski definition) is 2. The lowest BCUT2D eigenvalue weighted by atomic mass is 10.1. The average Bonchev–Trinajstić information content (AvgIpc) is 2.39. The van der Waals surface area contributed by atoms with Gasteiger partial charge in [-0.15, -0.1) is 0 Å². The highest BCUT2D eigenvalue weighted by Gasteiger charge is 2.21. The van der Waals surface area contributed by atoms with E-state index in [9.17, 15) is 17.6 Å². The molecule has 108 valence electrons. The van der Waals surface area contributed by atoms with Gasteiger partial charge in [-0.25, -0.2) is 0 Å². The summed E-state index contributed by atoms with van der Waals surface area (Å²) in [5.74, 6) is -7.61. The standard InChI is InChI=1S/C13H17F4NO/c1-2-3-4-5-6-7-8-19-11-9(14)12(16)18-13(17)10(11)15/h2-8H2,1H3. The number of aromatic nitrogens is 1. The monoisotopic (exact) mass is 279 g/mol. The van der Waals surface area contributed by atoms with Crippen molar-refractivity contribution in [3.8, 4) is 5.75 Å². The van der Waals surface area contributed by atoms with Gasteiger partial charge in [-0.05, 0) is 6.42 Å². The Hall–Kier alpha value is -1.33. The summed E-state index contributed by atoms with van der Waals surface area (Å²) in [6.45, 7) is 2.12. The Balaban J connectivity index is 2.41. The highest BCUT2D eigenvalue weighted by molar-refractivity contribution is 5.24. The number of hydrogen-bond donors (Lipinski definition) is 0. The van der Waals surface area contributed by atoms with E-state index in [0.29, 0.717) is 6.42 Å². The maximum Gasteiger partial charge on any atom is 0.255 e. The molecule has 0 N–H and O–H groups in total. The SMILES string of the molecule is CCCCCCCCOc1c(F)c(F)nc(F)c1F. The summed E-state index contributed by atoms with van der Waals surface area (Å²) in [6.07, 6.45) is 5.79. The lowest BCUT2D eigenvalue weighted by molar-refractivity contribution is 0.257. The Bertz CT molecular complexity index is 386. The molecule has 1 aromatic rings. The molecule has 0 aliphatic heterocycles. The molecular weight excluding hydrogens is 262 g/mol. The van der Waals surface area contributed by atoms with E-state index in [0.717, 1.165) is 32.1 Å². The number of rotatable bonds is 8. The van der Waals surface area contributed by atoms with Crippen LogP contribution in [0.15, 0.2) is 0 Å². The zero-order chi connectivity index (χ0) is 14.3. The first-order valence-electron chi connectivity index (χ1n) is 6.40. The first-order valence-corrected chi connectivity index (χ1v) is 6.40. The fourth-order valence-electron chi connectivity index (χ4n) is 1.65. The van der Waals surface area contributed by atoms with Gasteiger partial charge in [0.2, 0.25) is 11.6 Å². The fraction of sp³-hybridized carbons (Fsp3) is 0.615. The molecule has 0 amide bonds.